The number of carboxylic acids is 1. The Balaban J connectivity index is 0.00000176. The van der Waals surface area contributed by atoms with E-state index in [-0.39, 0.29) is 24.0 Å². The molecule has 1 N–H and O–H groups in total. The van der Waals surface area contributed by atoms with Gasteiger partial charge in [0.15, 0.2) is 0 Å². The maximum Gasteiger partial charge on any atom is 0.303 e. The topological polar surface area (TPSA) is 40.5 Å². The largest absolute Gasteiger partial charge is 1.00 e. The minimum Gasteiger partial charge on any atom is -1.00 e. The lowest BCUT2D eigenvalue weighted by molar-refractivity contribution is -0.930. The van der Waals surface area contributed by atoms with Crippen molar-refractivity contribution in [1.29, 1.82) is 0 Å². The van der Waals surface area contributed by atoms with Gasteiger partial charge in [-0.25, -0.2) is 0 Å². The van der Waals surface area contributed by atoms with Crippen LogP contribution in [0.1, 0.15) is 44.9 Å². The number of hydrogen-bond donors (Lipinski definition) is 1. The molecule has 4 atom stereocenters. The first-order valence-corrected chi connectivity index (χ1v) is 8.77. The Bertz CT molecular complexity index is 400. The predicted molar refractivity (Wildman–Crippen MR) is 83.1 cm³/mol. The minimum absolute atomic E-state index is 0. The van der Waals surface area contributed by atoms with Gasteiger partial charge in [0.2, 0.25) is 0 Å². The molecule has 0 aromatic heterocycles. The normalized spacial score (nSPS) is 37.0. The number of carbonyl (C=O) groups is 1. The van der Waals surface area contributed by atoms with Gasteiger partial charge < -0.3 is 33.6 Å². The monoisotopic (exact) mass is 422 g/mol. The van der Waals surface area contributed by atoms with Crippen molar-refractivity contribution in [3.05, 3.63) is 0 Å². The van der Waals surface area contributed by atoms with E-state index in [1.54, 1.807) is 0 Å². The van der Waals surface area contributed by atoms with E-state index in [1.807, 2.05) is 0 Å². The van der Waals surface area contributed by atoms with Gasteiger partial charge in [0.05, 0.1) is 26.7 Å². The summed E-state index contributed by atoms with van der Waals surface area (Å²) in [7, 11) is 4.77. The number of rotatable bonds is 4. The molecular formula is C17H31IN2O2. The van der Waals surface area contributed by atoms with Gasteiger partial charge in [-0.1, -0.05) is 0 Å². The third kappa shape index (κ3) is 3.61. The number of quaternary nitrogens is 1. The second-order valence-electron chi connectivity index (χ2n) is 8.05. The van der Waals surface area contributed by atoms with Gasteiger partial charge in [-0.05, 0) is 45.2 Å². The van der Waals surface area contributed by atoms with Crippen LogP contribution in [0.2, 0.25) is 0 Å². The molecule has 128 valence electrons. The van der Waals surface area contributed by atoms with Crippen molar-refractivity contribution < 1.29 is 38.4 Å². The van der Waals surface area contributed by atoms with Crippen LogP contribution in [0, 0.1) is 11.8 Å². The summed E-state index contributed by atoms with van der Waals surface area (Å²) < 4.78 is 1.11. The molecule has 3 saturated heterocycles. The highest BCUT2D eigenvalue weighted by Crippen LogP contribution is 2.44. The summed E-state index contributed by atoms with van der Waals surface area (Å²) in [6.45, 7) is 3.88. The van der Waals surface area contributed by atoms with Gasteiger partial charge in [0, 0.05) is 30.7 Å². The summed E-state index contributed by atoms with van der Waals surface area (Å²) in [5, 5.41) is 8.92. The SMILES string of the molecule is C[N+]1(C)C[C@@H]2CCCN3CCC[C@@H]([C@H]23)[C@H]1CCCC(=O)O.[I-]. The average Bonchev–Trinajstić information content (AvgIpc) is 2.41. The highest BCUT2D eigenvalue weighted by atomic mass is 127. The zero-order chi connectivity index (χ0) is 15.0. The Labute approximate surface area is 151 Å². The summed E-state index contributed by atoms with van der Waals surface area (Å²) in [6.07, 6.45) is 7.73. The van der Waals surface area contributed by atoms with Crippen molar-refractivity contribution in [1.82, 2.24) is 4.90 Å². The highest BCUT2D eigenvalue weighted by molar-refractivity contribution is 5.66. The van der Waals surface area contributed by atoms with Crippen LogP contribution in [0.15, 0.2) is 0 Å². The van der Waals surface area contributed by atoms with E-state index >= 15 is 0 Å². The number of piperidine rings is 3. The molecule has 0 unspecified atom stereocenters. The van der Waals surface area contributed by atoms with Crippen LogP contribution in [0.5, 0.6) is 0 Å². The van der Waals surface area contributed by atoms with Gasteiger partial charge in [0.25, 0.3) is 0 Å². The number of carboxylic acid groups (broad SMARTS) is 1. The van der Waals surface area contributed by atoms with E-state index in [0.717, 1.165) is 35.2 Å². The van der Waals surface area contributed by atoms with E-state index in [0.29, 0.717) is 12.5 Å². The van der Waals surface area contributed by atoms with Crippen LogP contribution in [0.25, 0.3) is 0 Å². The summed E-state index contributed by atoms with van der Waals surface area (Å²) in [4.78, 5) is 13.6. The second-order valence-corrected chi connectivity index (χ2v) is 8.05. The van der Waals surface area contributed by atoms with Crippen LogP contribution in [-0.2, 0) is 4.79 Å². The van der Waals surface area contributed by atoms with E-state index in [2.05, 4.69) is 19.0 Å². The van der Waals surface area contributed by atoms with Gasteiger partial charge >= 0.3 is 5.97 Å². The Morgan fingerprint density at radius 1 is 1.23 bits per heavy atom. The first kappa shape index (κ1) is 18.5. The molecule has 5 heteroatoms. The lowest BCUT2D eigenvalue weighted by Crippen LogP contribution is -3.00. The number of nitrogens with zero attached hydrogens (tertiary/aromatic N) is 2. The van der Waals surface area contributed by atoms with Crippen molar-refractivity contribution in [2.75, 3.05) is 33.7 Å². The van der Waals surface area contributed by atoms with Gasteiger partial charge in [-0.15, -0.1) is 0 Å². The first-order chi connectivity index (χ1) is 9.99. The molecule has 0 bridgehead atoms. The van der Waals surface area contributed by atoms with Crippen molar-refractivity contribution in [3.63, 3.8) is 0 Å². The van der Waals surface area contributed by atoms with E-state index < -0.39 is 5.97 Å². The Kier molecular flexibility index (Phi) is 6.16. The lowest BCUT2D eigenvalue weighted by atomic mass is 9.68. The van der Waals surface area contributed by atoms with Gasteiger partial charge in [0.1, 0.15) is 0 Å². The molecule has 0 amide bonds. The minimum atomic E-state index is -0.642. The van der Waals surface area contributed by atoms with Crippen molar-refractivity contribution >= 4 is 5.97 Å². The number of halogens is 1. The fourth-order valence-corrected chi connectivity index (χ4v) is 5.66. The molecule has 0 aromatic rings. The van der Waals surface area contributed by atoms with E-state index in [9.17, 15) is 4.79 Å². The summed E-state index contributed by atoms with van der Waals surface area (Å²) >= 11 is 0. The zero-order valence-corrected chi connectivity index (χ0v) is 16.2. The van der Waals surface area contributed by atoms with Gasteiger partial charge in [-0.3, -0.25) is 9.69 Å². The Morgan fingerprint density at radius 3 is 2.59 bits per heavy atom. The number of aliphatic carboxylic acids is 1. The molecule has 3 aliphatic rings. The van der Waals surface area contributed by atoms with Crippen molar-refractivity contribution in [3.8, 4) is 0 Å². The van der Waals surface area contributed by atoms with Crippen LogP contribution in [-0.4, -0.2) is 66.3 Å². The van der Waals surface area contributed by atoms with E-state index in [1.165, 1.54) is 45.3 Å². The maximum absolute atomic E-state index is 10.8. The highest BCUT2D eigenvalue weighted by Gasteiger charge is 2.52. The second kappa shape index (κ2) is 7.34. The number of likely N-dealkylation sites (tertiary alicyclic amines) is 1. The third-order valence-corrected chi connectivity index (χ3v) is 6.33. The van der Waals surface area contributed by atoms with Crippen molar-refractivity contribution in [2.24, 2.45) is 11.8 Å². The first-order valence-electron chi connectivity index (χ1n) is 8.77. The molecule has 0 aromatic carbocycles. The van der Waals surface area contributed by atoms with Crippen LogP contribution >= 0.6 is 0 Å². The zero-order valence-electron chi connectivity index (χ0n) is 14.0. The van der Waals surface area contributed by atoms with Crippen LogP contribution in [0.3, 0.4) is 0 Å². The molecule has 22 heavy (non-hydrogen) atoms. The molecule has 0 saturated carbocycles. The van der Waals surface area contributed by atoms with Gasteiger partial charge in [-0.2, -0.15) is 0 Å². The molecule has 3 heterocycles. The third-order valence-electron chi connectivity index (χ3n) is 6.33. The summed E-state index contributed by atoms with van der Waals surface area (Å²) in [5.74, 6) is 1.02. The fourth-order valence-electron chi connectivity index (χ4n) is 5.66. The quantitative estimate of drug-likeness (QED) is 0.476. The molecule has 0 aliphatic carbocycles. The summed E-state index contributed by atoms with van der Waals surface area (Å²) in [6, 6.07) is 1.46. The Hall–Kier alpha value is 0.120. The molecule has 3 rings (SSSR count). The Morgan fingerprint density at radius 2 is 1.91 bits per heavy atom. The lowest BCUT2D eigenvalue weighted by Gasteiger charge is -2.59. The van der Waals surface area contributed by atoms with E-state index in [4.69, 9.17) is 5.11 Å². The number of hydrogen-bond acceptors (Lipinski definition) is 2. The molecule has 3 aliphatic heterocycles. The maximum atomic E-state index is 10.8. The van der Waals surface area contributed by atoms with Crippen LogP contribution in [0.4, 0.5) is 0 Å². The van der Waals surface area contributed by atoms with Crippen LogP contribution < -0.4 is 24.0 Å². The molecule has 0 radical (unpaired) electrons. The molecular weight excluding hydrogens is 391 g/mol. The summed E-state index contributed by atoms with van der Waals surface area (Å²) in [5.41, 5.74) is 0. The average molecular weight is 422 g/mol. The molecule has 3 fully saturated rings. The van der Waals surface area contributed by atoms with Crippen molar-refractivity contribution in [2.45, 2.75) is 57.0 Å². The standard InChI is InChI=1S/C17H30N2O2.HI/c1-19(2)12-13-6-4-10-18-11-5-7-14(17(13)18)15(19)8-3-9-16(20)21;/h13-15,17H,3-12H2,1-2H3;1H/t13-,14+,15+,17-;/m0./s1. The fraction of sp³-hybridized carbons (Fsp3) is 0.941. The molecule has 0 spiro atoms. The smallest absolute Gasteiger partial charge is 0.303 e. The predicted octanol–water partition coefficient (Wildman–Crippen LogP) is -0.805. The molecule has 4 nitrogen and oxygen atoms in total.